The molecule has 2 atom stereocenters. The maximum Gasteiger partial charge on any atom is 0.307 e. The van der Waals surface area contributed by atoms with Crippen molar-refractivity contribution < 1.29 is 14.7 Å². The zero-order valence-electron chi connectivity index (χ0n) is 10.9. The first-order valence-corrected chi connectivity index (χ1v) is 7.22. The molecule has 1 heterocycles. The molecule has 0 aromatic heterocycles. The molecule has 4 heteroatoms. The summed E-state index contributed by atoms with van der Waals surface area (Å²) in [7, 11) is 0. The van der Waals surface area contributed by atoms with Gasteiger partial charge in [-0.1, -0.05) is 25.7 Å². The van der Waals surface area contributed by atoms with Crippen molar-refractivity contribution in [1.82, 2.24) is 4.90 Å². The fourth-order valence-electron chi connectivity index (χ4n) is 3.25. The van der Waals surface area contributed by atoms with Crippen LogP contribution in [-0.2, 0) is 9.59 Å². The quantitative estimate of drug-likeness (QED) is 0.821. The number of likely N-dealkylation sites (tertiary alicyclic amines) is 1. The number of carboxylic acid groups (broad SMARTS) is 1. The monoisotopic (exact) mass is 253 g/mol. The molecule has 1 aliphatic carbocycles. The normalized spacial score (nSPS) is 29.7. The molecule has 1 saturated carbocycles. The van der Waals surface area contributed by atoms with Crippen LogP contribution in [0, 0.1) is 11.8 Å². The standard InChI is InChI=1S/C14H23NO3/c16-13(15-9-5-1-2-6-10-15)11-7-3-4-8-12(11)14(17)18/h11-12H,1-10H2,(H,17,18)/t11-,12+/m1/s1. The minimum Gasteiger partial charge on any atom is -0.481 e. The molecule has 1 N–H and O–H groups in total. The van der Waals surface area contributed by atoms with Gasteiger partial charge in [-0.25, -0.2) is 0 Å². The Morgan fingerprint density at radius 3 is 1.94 bits per heavy atom. The second kappa shape index (κ2) is 6.21. The maximum atomic E-state index is 12.5. The Morgan fingerprint density at radius 2 is 1.39 bits per heavy atom. The van der Waals surface area contributed by atoms with Crippen LogP contribution in [0.3, 0.4) is 0 Å². The number of rotatable bonds is 2. The second-order valence-corrected chi connectivity index (χ2v) is 5.58. The summed E-state index contributed by atoms with van der Waals surface area (Å²) < 4.78 is 0. The molecule has 4 nitrogen and oxygen atoms in total. The average Bonchev–Trinajstić information content (AvgIpc) is 2.66. The molecule has 1 amide bonds. The fraction of sp³-hybridized carbons (Fsp3) is 0.857. The van der Waals surface area contributed by atoms with Gasteiger partial charge in [-0.2, -0.15) is 0 Å². The number of amides is 1. The molecule has 0 unspecified atom stereocenters. The molecule has 1 saturated heterocycles. The van der Waals surface area contributed by atoms with Gasteiger partial charge in [0.15, 0.2) is 0 Å². The predicted octanol–water partition coefficient (Wildman–Crippen LogP) is 2.28. The van der Waals surface area contributed by atoms with E-state index in [2.05, 4.69) is 0 Å². The van der Waals surface area contributed by atoms with E-state index in [1.54, 1.807) is 0 Å². The van der Waals surface area contributed by atoms with Gasteiger partial charge < -0.3 is 10.0 Å². The third kappa shape index (κ3) is 3.03. The van der Waals surface area contributed by atoms with Crippen molar-refractivity contribution in [3.63, 3.8) is 0 Å². The van der Waals surface area contributed by atoms with E-state index in [0.29, 0.717) is 6.42 Å². The van der Waals surface area contributed by atoms with E-state index in [0.717, 1.165) is 45.2 Å². The third-order valence-electron chi connectivity index (χ3n) is 4.32. The van der Waals surface area contributed by atoms with Gasteiger partial charge in [-0.3, -0.25) is 9.59 Å². The maximum absolute atomic E-state index is 12.5. The van der Waals surface area contributed by atoms with E-state index in [1.807, 2.05) is 4.90 Å². The van der Waals surface area contributed by atoms with E-state index in [1.165, 1.54) is 12.8 Å². The first-order valence-electron chi connectivity index (χ1n) is 7.22. The molecule has 0 aromatic carbocycles. The minimum absolute atomic E-state index is 0.101. The van der Waals surface area contributed by atoms with E-state index in [9.17, 15) is 14.7 Å². The van der Waals surface area contributed by atoms with Crippen molar-refractivity contribution >= 4 is 11.9 Å². The molecule has 0 spiro atoms. The average molecular weight is 253 g/mol. The van der Waals surface area contributed by atoms with Gasteiger partial charge >= 0.3 is 5.97 Å². The lowest BCUT2D eigenvalue weighted by Gasteiger charge is -2.32. The highest BCUT2D eigenvalue weighted by Gasteiger charge is 2.37. The van der Waals surface area contributed by atoms with Crippen LogP contribution in [0.4, 0.5) is 0 Å². The molecule has 2 aliphatic rings. The number of aliphatic carboxylic acids is 1. The molecular weight excluding hydrogens is 230 g/mol. The topological polar surface area (TPSA) is 57.6 Å². The van der Waals surface area contributed by atoms with Crippen molar-refractivity contribution in [3.05, 3.63) is 0 Å². The van der Waals surface area contributed by atoms with Crippen LogP contribution in [-0.4, -0.2) is 35.0 Å². The zero-order chi connectivity index (χ0) is 13.0. The van der Waals surface area contributed by atoms with Gasteiger partial charge in [0.25, 0.3) is 0 Å². The van der Waals surface area contributed by atoms with Gasteiger partial charge in [-0.15, -0.1) is 0 Å². The van der Waals surface area contributed by atoms with Crippen molar-refractivity contribution in [2.24, 2.45) is 11.8 Å². The molecule has 0 bridgehead atoms. The van der Waals surface area contributed by atoms with Crippen molar-refractivity contribution in [3.8, 4) is 0 Å². The lowest BCUT2D eigenvalue weighted by molar-refractivity contribution is -0.152. The Hall–Kier alpha value is -1.06. The smallest absolute Gasteiger partial charge is 0.307 e. The Balaban J connectivity index is 2.02. The Bertz CT molecular complexity index is 308. The summed E-state index contributed by atoms with van der Waals surface area (Å²) in [6.07, 6.45) is 7.88. The number of carboxylic acids is 1. The van der Waals surface area contributed by atoms with Gasteiger partial charge in [0.2, 0.25) is 5.91 Å². The van der Waals surface area contributed by atoms with Crippen molar-refractivity contribution in [1.29, 1.82) is 0 Å². The highest BCUT2D eigenvalue weighted by molar-refractivity contribution is 5.85. The summed E-state index contributed by atoms with van der Waals surface area (Å²) in [5.74, 6) is -1.41. The van der Waals surface area contributed by atoms with Crippen LogP contribution in [0.15, 0.2) is 0 Å². The van der Waals surface area contributed by atoms with Crippen molar-refractivity contribution in [2.75, 3.05) is 13.1 Å². The zero-order valence-corrected chi connectivity index (χ0v) is 10.9. The van der Waals surface area contributed by atoms with E-state index < -0.39 is 11.9 Å². The largest absolute Gasteiger partial charge is 0.481 e. The first-order chi connectivity index (χ1) is 8.70. The Labute approximate surface area is 108 Å². The molecule has 2 rings (SSSR count). The van der Waals surface area contributed by atoms with Crippen LogP contribution < -0.4 is 0 Å². The summed E-state index contributed by atoms with van der Waals surface area (Å²) in [6, 6.07) is 0. The van der Waals surface area contributed by atoms with E-state index in [4.69, 9.17) is 0 Å². The third-order valence-corrected chi connectivity index (χ3v) is 4.32. The number of carbonyl (C=O) groups is 2. The molecule has 18 heavy (non-hydrogen) atoms. The Morgan fingerprint density at radius 1 is 0.833 bits per heavy atom. The summed E-state index contributed by atoms with van der Waals surface area (Å²) in [5, 5.41) is 9.24. The van der Waals surface area contributed by atoms with Crippen LogP contribution in [0.25, 0.3) is 0 Å². The molecule has 102 valence electrons. The predicted molar refractivity (Wildman–Crippen MR) is 68.1 cm³/mol. The van der Waals surface area contributed by atoms with Crippen LogP contribution in [0.1, 0.15) is 51.4 Å². The summed E-state index contributed by atoms with van der Waals surface area (Å²) in [4.78, 5) is 25.6. The van der Waals surface area contributed by atoms with E-state index in [-0.39, 0.29) is 11.8 Å². The van der Waals surface area contributed by atoms with Gasteiger partial charge in [-0.05, 0) is 25.7 Å². The highest BCUT2D eigenvalue weighted by atomic mass is 16.4. The first kappa shape index (κ1) is 13.4. The summed E-state index contributed by atoms with van der Waals surface area (Å²) >= 11 is 0. The minimum atomic E-state index is -0.789. The van der Waals surface area contributed by atoms with Crippen LogP contribution in [0.5, 0.6) is 0 Å². The molecule has 2 fully saturated rings. The molecule has 1 aliphatic heterocycles. The number of carbonyl (C=O) groups excluding carboxylic acids is 1. The van der Waals surface area contributed by atoms with Crippen molar-refractivity contribution in [2.45, 2.75) is 51.4 Å². The van der Waals surface area contributed by atoms with Gasteiger partial charge in [0.05, 0.1) is 11.8 Å². The number of hydrogen-bond acceptors (Lipinski definition) is 2. The van der Waals surface area contributed by atoms with Gasteiger partial charge in [0.1, 0.15) is 0 Å². The SMILES string of the molecule is O=C(O)[C@H]1CCCC[C@H]1C(=O)N1CCCCCC1. The molecule has 0 aromatic rings. The number of hydrogen-bond donors (Lipinski definition) is 1. The second-order valence-electron chi connectivity index (χ2n) is 5.58. The highest BCUT2D eigenvalue weighted by Crippen LogP contribution is 2.32. The molecular formula is C14H23NO3. The lowest BCUT2D eigenvalue weighted by atomic mass is 9.78. The Kier molecular flexibility index (Phi) is 4.61. The van der Waals surface area contributed by atoms with Crippen LogP contribution >= 0.6 is 0 Å². The summed E-state index contributed by atoms with van der Waals surface area (Å²) in [6.45, 7) is 1.64. The van der Waals surface area contributed by atoms with Crippen LogP contribution in [0.2, 0.25) is 0 Å². The lowest BCUT2D eigenvalue weighted by Crippen LogP contribution is -2.42. The summed E-state index contributed by atoms with van der Waals surface area (Å²) in [5.41, 5.74) is 0. The number of nitrogens with zero attached hydrogens (tertiary/aromatic N) is 1. The van der Waals surface area contributed by atoms with Gasteiger partial charge in [0, 0.05) is 13.1 Å². The van der Waals surface area contributed by atoms with E-state index >= 15 is 0 Å². The molecule has 0 radical (unpaired) electrons. The fourth-order valence-corrected chi connectivity index (χ4v) is 3.25.